The van der Waals surface area contributed by atoms with Crippen LogP contribution < -0.4 is 4.74 Å². The van der Waals surface area contributed by atoms with E-state index in [1.165, 1.54) is 11.1 Å². The highest BCUT2D eigenvalue weighted by Crippen LogP contribution is 2.27. The van der Waals surface area contributed by atoms with Gasteiger partial charge in [0.05, 0.1) is 6.61 Å². The summed E-state index contributed by atoms with van der Waals surface area (Å²) >= 11 is 0. The molecule has 0 bridgehead atoms. The number of ether oxygens (including phenoxy) is 2. The van der Waals surface area contributed by atoms with Gasteiger partial charge in [0.25, 0.3) is 0 Å². The lowest BCUT2D eigenvalue weighted by molar-refractivity contribution is -0.160. The Balaban J connectivity index is 2.26. The van der Waals surface area contributed by atoms with Crippen LogP contribution in [-0.2, 0) is 21.4 Å². The molecule has 0 saturated carbocycles. The summed E-state index contributed by atoms with van der Waals surface area (Å²) in [6, 6.07) is 16.3. The molecule has 2 aromatic carbocycles. The van der Waals surface area contributed by atoms with Crippen molar-refractivity contribution in [1.29, 1.82) is 0 Å². The zero-order valence-electron chi connectivity index (χ0n) is 18.3. The molecule has 0 aliphatic rings. The number of esters is 1. The second-order valence-electron chi connectivity index (χ2n) is 8.90. The van der Waals surface area contributed by atoms with Crippen molar-refractivity contribution in [3.05, 3.63) is 65.2 Å². The van der Waals surface area contributed by atoms with Crippen LogP contribution in [0.15, 0.2) is 48.5 Å². The van der Waals surface area contributed by atoms with E-state index in [0.29, 0.717) is 24.7 Å². The van der Waals surface area contributed by atoms with Gasteiger partial charge >= 0.3 is 5.97 Å². The summed E-state index contributed by atoms with van der Waals surface area (Å²) in [5.74, 6) is 0.779. The fraction of sp³-hybridized carbons (Fsp3) is 0.480. The van der Waals surface area contributed by atoms with Crippen molar-refractivity contribution in [3.8, 4) is 5.75 Å². The van der Waals surface area contributed by atoms with Gasteiger partial charge in [-0.05, 0) is 54.0 Å². The maximum atomic E-state index is 12.7. The molecular weight excluding hydrogens is 348 g/mol. The highest BCUT2D eigenvalue weighted by molar-refractivity contribution is 5.80. The fourth-order valence-electron chi connectivity index (χ4n) is 3.13. The van der Waals surface area contributed by atoms with Crippen LogP contribution in [0.5, 0.6) is 5.75 Å². The fourth-order valence-corrected chi connectivity index (χ4v) is 3.13. The Kier molecular flexibility index (Phi) is 6.92. The van der Waals surface area contributed by atoms with Crippen molar-refractivity contribution >= 4 is 5.97 Å². The van der Waals surface area contributed by atoms with Crippen LogP contribution in [0.1, 0.15) is 71.1 Å². The average Bonchev–Trinajstić information content (AvgIpc) is 2.62. The van der Waals surface area contributed by atoms with Gasteiger partial charge in [0.15, 0.2) is 0 Å². The molecular formula is C25H34O3. The first-order valence-electron chi connectivity index (χ1n) is 10.1. The minimum atomic E-state index is -1.08. The van der Waals surface area contributed by atoms with Gasteiger partial charge in [-0.25, -0.2) is 4.79 Å². The third kappa shape index (κ3) is 5.60. The van der Waals surface area contributed by atoms with E-state index < -0.39 is 5.60 Å². The molecule has 0 heterocycles. The van der Waals surface area contributed by atoms with E-state index in [-0.39, 0.29) is 11.4 Å². The lowest BCUT2D eigenvalue weighted by Crippen LogP contribution is -2.45. The molecule has 3 nitrogen and oxygen atoms in total. The van der Waals surface area contributed by atoms with Gasteiger partial charge < -0.3 is 9.47 Å². The molecule has 0 spiro atoms. The molecule has 0 saturated heterocycles. The van der Waals surface area contributed by atoms with Crippen LogP contribution in [0, 0.1) is 0 Å². The first-order valence-corrected chi connectivity index (χ1v) is 10.1. The predicted molar refractivity (Wildman–Crippen MR) is 115 cm³/mol. The minimum absolute atomic E-state index is 0.0949. The molecule has 0 fully saturated rings. The normalized spacial score (nSPS) is 13.9. The van der Waals surface area contributed by atoms with Crippen LogP contribution in [-0.4, -0.2) is 18.2 Å². The van der Waals surface area contributed by atoms with E-state index in [2.05, 4.69) is 58.9 Å². The van der Waals surface area contributed by atoms with Gasteiger partial charge in [0.2, 0.25) is 5.60 Å². The highest BCUT2D eigenvalue weighted by atomic mass is 16.6. The first kappa shape index (κ1) is 22.0. The summed E-state index contributed by atoms with van der Waals surface area (Å²) in [4.78, 5) is 12.7. The van der Waals surface area contributed by atoms with Crippen molar-refractivity contribution in [1.82, 2.24) is 0 Å². The van der Waals surface area contributed by atoms with Crippen molar-refractivity contribution < 1.29 is 14.3 Å². The van der Waals surface area contributed by atoms with Crippen LogP contribution in [0.2, 0.25) is 0 Å². The van der Waals surface area contributed by atoms with Crippen LogP contribution >= 0.6 is 0 Å². The van der Waals surface area contributed by atoms with E-state index in [1.54, 1.807) is 6.92 Å². The maximum Gasteiger partial charge on any atom is 0.350 e. The lowest BCUT2D eigenvalue weighted by Gasteiger charge is -2.29. The zero-order valence-corrected chi connectivity index (χ0v) is 18.3. The van der Waals surface area contributed by atoms with Crippen LogP contribution in [0.4, 0.5) is 0 Å². The Morgan fingerprint density at radius 1 is 0.929 bits per heavy atom. The van der Waals surface area contributed by atoms with Crippen molar-refractivity contribution in [2.45, 2.75) is 71.8 Å². The van der Waals surface area contributed by atoms with Crippen LogP contribution in [0.25, 0.3) is 0 Å². The number of rotatable bonds is 7. The van der Waals surface area contributed by atoms with Gasteiger partial charge in [-0.1, -0.05) is 71.0 Å². The largest absolute Gasteiger partial charge is 0.476 e. The lowest BCUT2D eigenvalue weighted by atomic mass is 9.85. The summed E-state index contributed by atoms with van der Waals surface area (Å²) in [7, 11) is 0. The van der Waals surface area contributed by atoms with Crippen molar-refractivity contribution in [2.75, 3.05) is 6.61 Å². The topological polar surface area (TPSA) is 35.5 Å². The Hall–Kier alpha value is -2.29. The Labute approximate surface area is 170 Å². The summed E-state index contributed by atoms with van der Waals surface area (Å²) in [6.07, 6.45) is 0.447. The number of carbonyl (C=O) groups excluding carboxylic acids is 1. The Morgan fingerprint density at radius 2 is 1.50 bits per heavy atom. The van der Waals surface area contributed by atoms with Crippen molar-refractivity contribution in [2.24, 2.45) is 0 Å². The summed E-state index contributed by atoms with van der Waals surface area (Å²) < 4.78 is 11.5. The van der Waals surface area contributed by atoms with E-state index in [4.69, 9.17) is 9.47 Å². The van der Waals surface area contributed by atoms with Crippen LogP contribution in [0.3, 0.4) is 0 Å². The first-order chi connectivity index (χ1) is 13.0. The van der Waals surface area contributed by atoms with E-state index in [0.717, 1.165) is 5.56 Å². The highest BCUT2D eigenvalue weighted by Gasteiger charge is 2.37. The molecule has 28 heavy (non-hydrogen) atoms. The third-order valence-electron chi connectivity index (χ3n) is 4.96. The molecule has 0 amide bonds. The molecule has 152 valence electrons. The molecule has 2 aromatic rings. The number of benzene rings is 2. The number of hydrogen-bond donors (Lipinski definition) is 0. The molecule has 0 radical (unpaired) electrons. The molecule has 3 heteroatoms. The SMILES string of the molecule is CCOC(=O)C(C)(Cc1ccc(C(C)(C)C)cc1)Oc1ccc(C(C)C)cc1. The second-order valence-corrected chi connectivity index (χ2v) is 8.90. The molecule has 0 N–H and O–H groups in total. The van der Waals surface area contributed by atoms with E-state index in [1.807, 2.05) is 31.2 Å². The van der Waals surface area contributed by atoms with Gasteiger partial charge in [-0.3, -0.25) is 0 Å². The van der Waals surface area contributed by atoms with E-state index in [9.17, 15) is 4.79 Å². The molecule has 0 aromatic heterocycles. The van der Waals surface area contributed by atoms with Gasteiger partial charge in [0.1, 0.15) is 5.75 Å². The third-order valence-corrected chi connectivity index (χ3v) is 4.96. The van der Waals surface area contributed by atoms with Gasteiger partial charge in [-0.2, -0.15) is 0 Å². The smallest absolute Gasteiger partial charge is 0.350 e. The van der Waals surface area contributed by atoms with Gasteiger partial charge in [-0.15, -0.1) is 0 Å². The summed E-state index contributed by atoms with van der Waals surface area (Å²) in [5.41, 5.74) is 2.56. The van der Waals surface area contributed by atoms with E-state index >= 15 is 0 Å². The second kappa shape index (κ2) is 8.81. The Morgan fingerprint density at radius 3 is 1.96 bits per heavy atom. The molecule has 0 aliphatic heterocycles. The molecule has 1 unspecified atom stereocenters. The average molecular weight is 383 g/mol. The molecule has 0 aliphatic carbocycles. The maximum absolute atomic E-state index is 12.7. The molecule has 1 atom stereocenters. The minimum Gasteiger partial charge on any atom is -0.476 e. The monoisotopic (exact) mass is 382 g/mol. The molecule has 2 rings (SSSR count). The van der Waals surface area contributed by atoms with Gasteiger partial charge in [0, 0.05) is 6.42 Å². The standard InChI is InChI=1S/C25H34O3/c1-8-27-23(26)25(7,28-22-15-11-20(12-16-22)18(2)3)17-19-9-13-21(14-10-19)24(4,5)6/h9-16,18H,8,17H2,1-7H3. The quantitative estimate of drug-likeness (QED) is 0.547. The Bertz CT molecular complexity index is 767. The number of carbonyl (C=O) groups is 1. The predicted octanol–water partition coefficient (Wildman–Crippen LogP) is 6.05. The number of hydrogen-bond acceptors (Lipinski definition) is 3. The van der Waals surface area contributed by atoms with Crippen molar-refractivity contribution in [3.63, 3.8) is 0 Å². The summed E-state index contributed by atoms with van der Waals surface area (Å²) in [5, 5.41) is 0. The zero-order chi connectivity index (χ0) is 20.9. The summed E-state index contributed by atoms with van der Waals surface area (Å²) in [6.45, 7) is 14.8.